The van der Waals surface area contributed by atoms with Gasteiger partial charge in [-0.1, -0.05) is 0 Å². The molecular formula is C12H15N3O5. The molecule has 0 spiro atoms. The second kappa shape index (κ2) is 5.83. The van der Waals surface area contributed by atoms with Gasteiger partial charge in [0.1, 0.15) is 0 Å². The fourth-order valence-electron chi connectivity index (χ4n) is 2.04. The van der Waals surface area contributed by atoms with Gasteiger partial charge in [0.2, 0.25) is 5.82 Å². The molecule has 2 heterocycles. The first-order chi connectivity index (χ1) is 9.52. The number of pyridine rings is 1. The molecule has 0 bridgehead atoms. The fourth-order valence-corrected chi connectivity index (χ4v) is 2.04. The van der Waals surface area contributed by atoms with Crippen molar-refractivity contribution in [2.45, 2.75) is 13.0 Å². The maximum absolute atomic E-state index is 11.5. The largest absolute Gasteiger partial charge is 0.467 e. The summed E-state index contributed by atoms with van der Waals surface area (Å²) in [6, 6.07) is 1.46. The molecule has 1 aliphatic rings. The second-order valence-electron chi connectivity index (χ2n) is 4.44. The molecule has 2 rings (SSSR count). The van der Waals surface area contributed by atoms with Gasteiger partial charge in [-0.15, -0.1) is 0 Å². The summed E-state index contributed by atoms with van der Waals surface area (Å²) in [6.45, 7) is 2.64. The van der Waals surface area contributed by atoms with Crippen LogP contribution in [0.25, 0.3) is 0 Å². The van der Waals surface area contributed by atoms with E-state index in [0.717, 1.165) is 0 Å². The topological polar surface area (TPSA) is 94.8 Å². The van der Waals surface area contributed by atoms with Crippen molar-refractivity contribution < 1.29 is 19.2 Å². The van der Waals surface area contributed by atoms with Gasteiger partial charge in [0.25, 0.3) is 0 Å². The van der Waals surface area contributed by atoms with Crippen LogP contribution in [0, 0.1) is 17.0 Å². The van der Waals surface area contributed by atoms with Gasteiger partial charge in [0, 0.05) is 18.8 Å². The zero-order valence-corrected chi connectivity index (χ0v) is 11.2. The Morgan fingerprint density at radius 1 is 1.65 bits per heavy atom. The molecule has 8 nitrogen and oxygen atoms in total. The first-order valence-corrected chi connectivity index (χ1v) is 6.08. The zero-order chi connectivity index (χ0) is 14.7. The number of methoxy groups -OCH3 is 1. The minimum absolute atomic E-state index is 0.0736. The third kappa shape index (κ3) is 2.85. The molecule has 20 heavy (non-hydrogen) atoms. The number of nitrogens with zero attached hydrogens (tertiary/aromatic N) is 3. The van der Waals surface area contributed by atoms with Crippen molar-refractivity contribution in [3.63, 3.8) is 0 Å². The lowest BCUT2D eigenvalue weighted by atomic mass is 10.2. The lowest BCUT2D eigenvalue weighted by molar-refractivity contribution is -0.384. The van der Waals surface area contributed by atoms with Crippen molar-refractivity contribution in [1.82, 2.24) is 4.98 Å². The third-order valence-corrected chi connectivity index (χ3v) is 3.01. The summed E-state index contributed by atoms with van der Waals surface area (Å²) in [4.78, 5) is 27.9. The van der Waals surface area contributed by atoms with Crippen LogP contribution in [-0.4, -0.2) is 48.8 Å². The number of aryl methyl sites for hydroxylation is 1. The molecule has 1 aromatic heterocycles. The smallest absolute Gasteiger partial charge is 0.336 e. The number of nitro groups is 1. The van der Waals surface area contributed by atoms with Gasteiger partial charge in [-0.2, -0.15) is 0 Å². The number of rotatable bonds is 3. The average molecular weight is 281 g/mol. The van der Waals surface area contributed by atoms with Crippen LogP contribution in [0.4, 0.5) is 11.5 Å². The van der Waals surface area contributed by atoms with E-state index in [4.69, 9.17) is 4.74 Å². The first kappa shape index (κ1) is 14.2. The molecule has 0 aromatic carbocycles. The Labute approximate surface area is 115 Å². The van der Waals surface area contributed by atoms with E-state index in [1.165, 1.54) is 13.2 Å². The van der Waals surface area contributed by atoms with E-state index in [2.05, 4.69) is 9.72 Å². The number of morpholine rings is 1. The maximum Gasteiger partial charge on any atom is 0.336 e. The summed E-state index contributed by atoms with van der Waals surface area (Å²) >= 11 is 0. The van der Waals surface area contributed by atoms with Crippen LogP contribution in [0.15, 0.2) is 12.3 Å². The minimum atomic E-state index is -0.753. The zero-order valence-electron chi connectivity index (χ0n) is 11.2. The van der Waals surface area contributed by atoms with Gasteiger partial charge in [-0.25, -0.2) is 9.78 Å². The van der Waals surface area contributed by atoms with Gasteiger partial charge in [-0.05, 0) is 12.5 Å². The molecule has 8 heteroatoms. The highest BCUT2D eigenvalue weighted by atomic mass is 16.6. The summed E-state index contributed by atoms with van der Waals surface area (Å²) in [7, 11) is 1.28. The summed E-state index contributed by atoms with van der Waals surface area (Å²) in [6.07, 6.45) is 0.807. The summed E-state index contributed by atoms with van der Waals surface area (Å²) in [5, 5.41) is 11.1. The predicted molar refractivity (Wildman–Crippen MR) is 69.6 cm³/mol. The Morgan fingerprint density at radius 2 is 2.40 bits per heavy atom. The van der Waals surface area contributed by atoms with Crippen molar-refractivity contribution in [2.24, 2.45) is 0 Å². The Hall–Kier alpha value is -2.22. The third-order valence-electron chi connectivity index (χ3n) is 3.01. The van der Waals surface area contributed by atoms with Crippen molar-refractivity contribution in [2.75, 3.05) is 31.7 Å². The molecule has 1 atom stereocenters. The highest BCUT2D eigenvalue weighted by Gasteiger charge is 2.31. The molecule has 0 aliphatic carbocycles. The lowest BCUT2D eigenvalue weighted by Crippen LogP contribution is -2.47. The van der Waals surface area contributed by atoms with Crippen LogP contribution in [0.2, 0.25) is 0 Å². The van der Waals surface area contributed by atoms with Crippen LogP contribution in [-0.2, 0) is 14.3 Å². The number of hydrogen-bond acceptors (Lipinski definition) is 7. The Kier molecular flexibility index (Phi) is 4.14. The van der Waals surface area contributed by atoms with Crippen LogP contribution in [0.3, 0.4) is 0 Å². The standard InChI is InChI=1S/C12H15N3O5/c1-8-5-9(15(17)18)11(13-6-8)14-3-4-20-10(7-14)12(16)19-2/h5-6,10H,3-4,7H2,1-2H3. The molecular weight excluding hydrogens is 266 g/mol. The van der Waals surface area contributed by atoms with E-state index < -0.39 is 17.0 Å². The van der Waals surface area contributed by atoms with Gasteiger partial charge in [0.05, 0.1) is 25.2 Å². The number of hydrogen-bond donors (Lipinski definition) is 0. The van der Waals surface area contributed by atoms with Crippen LogP contribution < -0.4 is 4.90 Å². The Balaban J connectivity index is 2.27. The van der Waals surface area contributed by atoms with E-state index in [0.29, 0.717) is 12.1 Å². The SMILES string of the molecule is COC(=O)C1CN(c2ncc(C)cc2[N+](=O)[O-])CCO1. The molecule has 0 N–H and O–H groups in total. The fraction of sp³-hybridized carbons (Fsp3) is 0.500. The van der Waals surface area contributed by atoms with E-state index in [1.54, 1.807) is 18.0 Å². The average Bonchev–Trinajstić information content (AvgIpc) is 2.46. The van der Waals surface area contributed by atoms with Crippen molar-refractivity contribution in [3.8, 4) is 0 Å². The Morgan fingerprint density at radius 3 is 3.05 bits per heavy atom. The quantitative estimate of drug-likeness (QED) is 0.456. The summed E-state index contributed by atoms with van der Waals surface area (Å²) in [5.41, 5.74) is 0.633. The number of ether oxygens (including phenoxy) is 2. The molecule has 0 radical (unpaired) electrons. The van der Waals surface area contributed by atoms with Crippen LogP contribution >= 0.6 is 0 Å². The molecule has 0 saturated carbocycles. The van der Waals surface area contributed by atoms with Crippen LogP contribution in [0.5, 0.6) is 0 Å². The molecule has 1 fully saturated rings. The van der Waals surface area contributed by atoms with Gasteiger partial charge in [0.15, 0.2) is 6.10 Å². The van der Waals surface area contributed by atoms with E-state index in [9.17, 15) is 14.9 Å². The summed E-state index contributed by atoms with van der Waals surface area (Å²) < 4.78 is 9.92. The monoisotopic (exact) mass is 281 g/mol. The normalized spacial score (nSPS) is 18.7. The number of carbonyl (C=O) groups is 1. The molecule has 0 amide bonds. The Bertz CT molecular complexity index is 534. The van der Waals surface area contributed by atoms with Gasteiger partial charge in [-0.3, -0.25) is 10.1 Å². The number of aromatic nitrogens is 1. The highest BCUT2D eigenvalue weighted by molar-refractivity contribution is 5.76. The molecule has 1 aromatic rings. The minimum Gasteiger partial charge on any atom is -0.467 e. The second-order valence-corrected chi connectivity index (χ2v) is 4.44. The molecule has 108 valence electrons. The number of esters is 1. The number of carbonyl (C=O) groups excluding carboxylic acids is 1. The van der Waals surface area contributed by atoms with E-state index in [1.807, 2.05) is 0 Å². The van der Waals surface area contributed by atoms with Crippen LogP contribution in [0.1, 0.15) is 5.56 Å². The van der Waals surface area contributed by atoms with Crippen molar-refractivity contribution >= 4 is 17.5 Å². The number of anilines is 1. The summed E-state index contributed by atoms with van der Waals surface area (Å²) in [5.74, 6) is -0.248. The van der Waals surface area contributed by atoms with Crippen molar-refractivity contribution in [1.29, 1.82) is 0 Å². The first-order valence-electron chi connectivity index (χ1n) is 6.08. The van der Waals surface area contributed by atoms with E-state index in [-0.39, 0.29) is 24.7 Å². The van der Waals surface area contributed by atoms with Gasteiger partial charge < -0.3 is 14.4 Å². The molecule has 1 unspecified atom stereocenters. The van der Waals surface area contributed by atoms with E-state index >= 15 is 0 Å². The lowest BCUT2D eigenvalue weighted by Gasteiger charge is -2.31. The van der Waals surface area contributed by atoms with Crippen molar-refractivity contribution in [3.05, 3.63) is 27.9 Å². The van der Waals surface area contributed by atoms with Gasteiger partial charge >= 0.3 is 11.7 Å². The maximum atomic E-state index is 11.5. The molecule has 1 aliphatic heterocycles. The molecule has 1 saturated heterocycles. The highest BCUT2D eigenvalue weighted by Crippen LogP contribution is 2.27. The predicted octanol–water partition coefficient (Wildman–Crippen LogP) is 0.676.